The van der Waals surface area contributed by atoms with Crippen molar-refractivity contribution in [2.45, 2.75) is 90.1 Å². The van der Waals surface area contributed by atoms with E-state index < -0.39 is 10.1 Å². The van der Waals surface area contributed by atoms with Crippen molar-refractivity contribution in [3.8, 4) is 0 Å². The van der Waals surface area contributed by atoms with Gasteiger partial charge in [0.05, 0.1) is 19.5 Å². The predicted molar refractivity (Wildman–Crippen MR) is 103 cm³/mol. The van der Waals surface area contributed by atoms with Crippen LogP contribution in [-0.4, -0.2) is 47.7 Å². The summed E-state index contributed by atoms with van der Waals surface area (Å²) in [6.45, 7) is 3.32. The van der Waals surface area contributed by atoms with Crippen molar-refractivity contribution < 1.29 is 22.1 Å². The standard InChI is InChI=1S/C19H40O5S/c1-4-5-6-7-8-9-10-11-12-13-14-15-16-23-17-19(22-2)18-24-25(3,20)21/h19H,4-18H2,1-3H3. The molecule has 0 rings (SSSR count). The third-order valence-electron chi connectivity index (χ3n) is 4.25. The Morgan fingerprint density at radius 1 is 0.760 bits per heavy atom. The molecule has 1 unspecified atom stereocenters. The van der Waals surface area contributed by atoms with Crippen LogP contribution in [0.5, 0.6) is 0 Å². The third-order valence-corrected chi connectivity index (χ3v) is 4.81. The van der Waals surface area contributed by atoms with Gasteiger partial charge in [0.1, 0.15) is 6.10 Å². The molecule has 0 aromatic carbocycles. The van der Waals surface area contributed by atoms with Gasteiger partial charge in [0.2, 0.25) is 0 Å². The lowest BCUT2D eigenvalue weighted by atomic mass is 10.1. The van der Waals surface area contributed by atoms with Crippen molar-refractivity contribution >= 4 is 10.1 Å². The van der Waals surface area contributed by atoms with Gasteiger partial charge >= 0.3 is 0 Å². The van der Waals surface area contributed by atoms with Gasteiger partial charge in [0, 0.05) is 13.7 Å². The van der Waals surface area contributed by atoms with E-state index in [1.165, 1.54) is 77.7 Å². The molecule has 0 aromatic rings. The number of methoxy groups -OCH3 is 1. The number of hydrogen-bond acceptors (Lipinski definition) is 5. The maximum atomic E-state index is 10.9. The van der Waals surface area contributed by atoms with Gasteiger partial charge in [-0.3, -0.25) is 4.18 Å². The molecule has 25 heavy (non-hydrogen) atoms. The van der Waals surface area contributed by atoms with Gasteiger partial charge in [-0.1, -0.05) is 77.6 Å². The highest BCUT2D eigenvalue weighted by Gasteiger charge is 2.11. The smallest absolute Gasteiger partial charge is 0.264 e. The molecule has 0 amide bonds. The molecule has 0 aliphatic heterocycles. The second-order valence-corrected chi connectivity index (χ2v) is 8.45. The number of hydrogen-bond donors (Lipinski definition) is 0. The Hall–Kier alpha value is -0.170. The van der Waals surface area contributed by atoms with E-state index in [2.05, 4.69) is 6.92 Å². The molecule has 0 aliphatic rings. The summed E-state index contributed by atoms with van der Waals surface area (Å²) in [5, 5.41) is 0. The molecule has 0 heterocycles. The van der Waals surface area contributed by atoms with Crippen LogP contribution in [0.4, 0.5) is 0 Å². The van der Waals surface area contributed by atoms with E-state index in [0.717, 1.165) is 12.7 Å². The zero-order chi connectivity index (χ0) is 18.8. The maximum Gasteiger partial charge on any atom is 0.264 e. The van der Waals surface area contributed by atoms with Crippen LogP contribution in [0.3, 0.4) is 0 Å². The summed E-state index contributed by atoms with van der Waals surface area (Å²) in [5.41, 5.74) is 0. The van der Waals surface area contributed by atoms with Crippen molar-refractivity contribution in [3.63, 3.8) is 0 Å². The van der Waals surface area contributed by atoms with E-state index in [1.54, 1.807) is 0 Å². The lowest BCUT2D eigenvalue weighted by Crippen LogP contribution is -2.26. The second-order valence-electron chi connectivity index (χ2n) is 6.81. The summed E-state index contributed by atoms with van der Waals surface area (Å²) in [7, 11) is -1.89. The minimum Gasteiger partial charge on any atom is -0.379 e. The summed E-state index contributed by atoms with van der Waals surface area (Å²) in [4.78, 5) is 0. The van der Waals surface area contributed by atoms with Gasteiger partial charge < -0.3 is 9.47 Å². The van der Waals surface area contributed by atoms with Crippen molar-refractivity contribution in [2.75, 3.05) is 33.2 Å². The normalized spacial score (nSPS) is 13.2. The molecular weight excluding hydrogens is 340 g/mol. The van der Waals surface area contributed by atoms with Gasteiger partial charge in [0.25, 0.3) is 10.1 Å². The van der Waals surface area contributed by atoms with Crippen molar-refractivity contribution in [1.29, 1.82) is 0 Å². The van der Waals surface area contributed by atoms with Crippen LogP contribution in [0, 0.1) is 0 Å². The molecule has 0 spiro atoms. The quantitative estimate of drug-likeness (QED) is 0.240. The zero-order valence-corrected chi connectivity index (χ0v) is 17.4. The summed E-state index contributed by atoms with van der Waals surface area (Å²) >= 11 is 0. The Bertz CT molecular complexity index is 370. The summed E-state index contributed by atoms with van der Waals surface area (Å²) < 4.78 is 37.3. The second kappa shape index (κ2) is 17.3. The maximum absolute atomic E-state index is 10.9. The lowest BCUT2D eigenvalue weighted by molar-refractivity contribution is -0.0138. The fraction of sp³-hybridized carbons (Fsp3) is 1.00. The van der Waals surface area contributed by atoms with Crippen LogP contribution in [0.1, 0.15) is 84.0 Å². The summed E-state index contributed by atoms with van der Waals surface area (Å²) in [6, 6.07) is 0. The van der Waals surface area contributed by atoms with Gasteiger partial charge in [-0.25, -0.2) is 0 Å². The number of rotatable bonds is 19. The number of ether oxygens (including phenoxy) is 2. The van der Waals surface area contributed by atoms with E-state index in [-0.39, 0.29) is 12.7 Å². The van der Waals surface area contributed by atoms with Crippen LogP contribution >= 0.6 is 0 Å². The van der Waals surface area contributed by atoms with E-state index in [1.807, 2.05) is 0 Å². The molecule has 152 valence electrons. The van der Waals surface area contributed by atoms with E-state index in [9.17, 15) is 8.42 Å². The Morgan fingerprint density at radius 2 is 1.24 bits per heavy atom. The highest BCUT2D eigenvalue weighted by molar-refractivity contribution is 7.85. The molecule has 0 saturated heterocycles. The molecule has 0 fully saturated rings. The lowest BCUT2D eigenvalue weighted by Gasteiger charge is -2.14. The molecule has 0 aromatic heterocycles. The fourth-order valence-electron chi connectivity index (χ4n) is 2.64. The van der Waals surface area contributed by atoms with Crippen molar-refractivity contribution in [2.24, 2.45) is 0 Å². The molecule has 0 saturated carbocycles. The SMILES string of the molecule is CCCCCCCCCCCCCCOCC(COS(C)(=O)=O)OC. The average molecular weight is 381 g/mol. The van der Waals surface area contributed by atoms with Crippen LogP contribution in [0.15, 0.2) is 0 Å². The summed E-state index contributed by atoms with van der Waals surface area (Å²) in [6.07, 6.45) is 16.5. The van der Waals surface area contributed by atoms with Crippen molar-refractivity contribution in [3.05, 3.63) is 0 Å². The minimum atomic E-state index is -3.42. The minimum absolute atomic E-state index is 0.00772. The Morgan fingerprint density at radius 3 is 1.68 bits per heavy atom. The molecule has 5 nitrogen and oxygen atoms in total. The molecule has 0 N–H and O–H groups in total. The topological polar surface area (TPSA) is 61.8 Å². The van der Waals surface area contributed by atoms with Crippen LogP contribution in [-0.2, 0) is 23.8 Å². The van der Waals surface area contributed by atoms with Crippen LogP contribution in [0.2, 0.25) is 0 Å². The molecule has 6 heteroatoms. The Labute approximate surface area is 155 Å². The van der Waals surface area contributed by atoms with Gasteiger partial charge in [-0.15, -0.1) is 0 Å². The molecule has 0 bridgehead atoms. The van der Waals surface area contributed by atoms with Gasteiger partial charge in [0.15, 0.2) is 0 Å². The first-order valence-electron chi connectivity index (χ1n) is 9.94. The number of unbranched alkanes of at least 4 members (excludes halogenated alkanes) is 11. The first-order chi connectivity index (χ1) is 12.0. The molecule has 1 atom stereocenters. The average Bonchev–Trinajstić information content (AvgIpc) is 2.57. The van der Waals surface area contributed by atoms with Crippen LogP contribution < -0.4 is 0 Å². The fourth-order valence-corrected chi connectivity index (χ4v) is 3.04. The highest BCUT2D eigenvalue weighted by Crippen LogP contribution is 2.12. The largest absolute Gasteiger partial charge is 0.379 e. The highest BCUT2D eigenvalue weighted by atomic mass is 32.2. The zero-order valence-electron chi connectivity index (χ0n) is 16.6. The third kappa shape index (κ3) is 20.0. The van der Waals surface area contributed by atoms with Crippen molar-refractivity contribution in [1.82, 2.24) is 0 Å². The molecule has 0 aliphatic carbocycles. The Kier molecular flexibility index (Phi) is 17.1. The van der Waals surface area contributed by atoms with Gasteiger partial charge in [-0.05, 0) is 6.42 Å². The van der Waals surface area contributed by atoms with E-state index in [4.69, 9.17) is 13.7 Å². The van der Waals surface area contributed by atoms with E-state index >= 15 is 0 Å². The Balaban J connectivity index is 3.29. The molecule has 0 radical (unpaired) electrons. The predicted octanol–water partition coefficient (Wildman–Crippen LogP) is 4.70. The van der Waals surface area contributed by atoms with E-state index in [0.29, 0.717) is 13.2 Å². The van der Waals surface area contributed by atoms with Crippen LogP contribution in [0.25, 0.3) is 0 Å². The monoisotopic (exact) mass is 380 g/mol. The van der Waals surface area contributed by atoms with Gasteiger partial charge in [-0.2, -0.15) is 8.42 Å². The first-order valence-corrected chi connectivity index (χ1v) is 11.8. The summed E-state index contributed by atoms with van der Waals surface area (Å²) in [5.74, 6) is 0. The molecular formula is C19H40O5S. The first kappa shape index (κ1) is 24.8.